The third-order valence-electron chi connectivity index (χ3n) is 5.23. The van der Waals surface area contributed by atoms with Crippen molar-refractivity contribution in [3.63, 3.8) is 0 Å². The lowest BCUT2D eigenvalue weighted by Crippen LogP contribution is -2.33. The smallest absolute Gasteiger partial charge is 0.252 e. The number of hydrogen-bond donors (Lipinski definition) is 2. The van der Waals surface area contributed by atoms with Crippen molar-refractivity contribution in [2.45, 2.75) is 63.3 Å². The van der Waals surface area contributed by atoms with E-state index in [0.717, 1.165) is 18.4 Å². The molecule has 1 fully saturated rings. The number of aromatic nitrogens is 3. The van der Waals surface area contributed by atoms with Crippen molar-refractivity contribution in [2.24, 2.45) is 0 Å². The van der Waals surface area contributed by atoms with Gasteiger partial charge in [0.25, 0.3) is 5.91 Å². The molecule has 0 unspecified atom stereocenters. The standard InChI is InChI=1S/C22H29N5O2S/c1-4-13-27-20(16(3)23-21(29)18-12-8-5-9-15(18)2)25-26-22(27)30-14-19(28)24-17-10-6-7-11-17/h4-5,8-9,12,16-17H,1,6-7,10-11,13-14H2,2-3H3,(H,23,29)(H,24,28)/t16-/m0/s1. The van der Waals surface area contributed by atoms with Crippen molar-refractivity contribution in [3.05, 3.63) is 53.9 Å². The summed E-state index contributed by atoms with van der Waals surface area (Å²) in [6.07, 6.45) is 6.24. The van der Waals surface area contributed by atoms with Gasteiger partial charge >= 0.3 is 0 Å². The van der Waals surface area contributed by atoms with Crippen molar-refractivity contribution < 1.29 is 9.59 Å². The summed E-state index contributed by atoms with van der Waals surface area (Å²) in [4.78, 5) is 24.9. The van der Waals surface area contributed by atoms with E-state index in [9.17, 15) is 9.59 Å². The molecule has 2 N–H and O–H groups in total. The molecule has 7 nitrogen and oxygen atoms in total. The van der Waals surface area contributed by atoms with Crippen LogP contribution in [0.1, 0.15) is 60.4 Å². The highest BCUT2D eigenvalue weighted by Gasteiger charge is 2.22. The van der Waals surface area contributed by atoms with Crippen molar-refractivity contribution in [3.8, 4) is 0 Å². The fraction of sp³-hybridized carbons (Fsp3) is 0.455. The lowest BCUT2D eigenvalue weighted by Gasteiger charge is -2.16. The second-order valence-electron chi connectivity index (χ2n) is 7.59. The van der Waals surface area contributed by atoms with Gasteiger partial charge in [0, 0.05) is 18.2 Å². The first-order valence-electron chi connectivity index (χ1n) is 10.3. The number of benzene rings is 1. The summed E-state index contributed by atoms with van der Waals surface area (Å²) in [7, 11) is 0. The molecule has 1 aromatic carbocycles. The lowest BCUT2D eigenvalue weighted by molar-refractivity contribution is -0.119. The van der Waals surface area contributed by atoms with Crippen LogP contribution in [0.2, 0.25) is 0 Å². The van der Waals surface area contributed by atoms with Gasteiger partial charge in [-0.2, -0.15) is 0 Å². The van der Waals surface area contributed by atoms with E-state index in [1.165, 1.54) is 24.6 Å². The number of aryl methyl sites for hydroxylation is 1. The molecule has 1 aliphatic rings. The van der Waals surface area contributed by atoms with Crippen LogP contribution in [0.15, 0.2) is 42.1 Å². The average molecular weight is 428 g/mol. The number of rotatable bonds is 9. The molecule has 0 bridgehead atoms. The second kappa shape index (κ2) is 10.4. The third-order valence-corrected chi connectivity index (χ3v) is 6.20. The summed E-state index contributed by atoms with van der Waals surface area (Å²) in [5.74, 6) is 0.785. The van der Waals surface area contributed by atoms with E-state index < -0.39 is 0 Å². The van der Waals surface area contributed by atoms with Gasteiger partial charge in [-0.05, 0) is 38.3 Å². The zero-order valence-electron chi connectivity index (χ0n) is 17.6. The average Bonchev–Trinajstić information content (AvgIpc) is 3.37. The van der Waals surface area contributed by atoms with Gasteiger partial charge in [-0.3, -0.25) is 9.59 Å². The molecule has 2 aromatic rings. The van der Waals surface area contributed by atoms with E-state index >= 15 is 0 Å². The molecule has 8 heteroatoms. The highest BCUT2D eigenvalue weighted by atomic mass is 32.2. The Labute approximate surface area is 181 Å². The Morgan fingerprint density at radius 1 is 1.30 bits per heavy atom. The van der Waals surface area contributed by atoms with Gasteiger partial charge in [-0.15, -0.1) is 16.8 Å². The quantitative estimate of drug-likeness (QED) is 0.473. The van der Waals surface area contributed by atoms with E-state index in [4.69, 9.17) is 0 Å². The second-order valence-corrected chi connectivity index (χ2v) is 8.53. The largest absolute Gasteiger partial charge is 0.353 e. The maximum atomic E-state index is 12.7. The highest BCUT2D eigenvalue weighted by Crippen LogP contribution is 2.22. The molecule has 30 heavy (non-hydrogen) atoms. The lowest BCUT2D eigenvalue weighted by atomic mass is 10.1. The van der Waals surface area contributed by atoms with Gasteiger partial charge in [0.15, 0.2) is 11.0 Å². The van der Waals surface area contributed by atoms with E-state index in [0.29, 0.717) is 29.1 Å². The maximum Gasteiger partial charge on any atom is 0.252 e. The normalized spacial score (nSPS) is 15.0. The number of thioether (sulfide) groups is 1. The number of allylic oxidation sites excluding steroid dienone is 1. The van der Waals surface area contributed by atoms with E-state index in [1.807, 2.05) is 36.6 Å². The van der Waals surface area contributed by atoms with Gasteiger partial charge in [0.05, 0.1) is 11.8 Å². The molecule has 1 saturated carbocycles. The fourth-order valence-corrected chi connectivity index (χ4v) is 4.43. The fourth-order valence-electron chi connectivity index (χ4n) is 3.66. The van der Waals surface area contributed by atoms with Crippen LogP contribution in [0.5, 0.6) is 0 Å². The van der Waals surface area contributed by atoms with Gasteiger partial charge in [-0.25, -0.2) is 0 Å². The zero-order valence-corrected chi connectivity index (χ0v) is 18.4. The van der Waals surface area contributed by atoms with Crippen molar-refractivity contribution in [1.82, 2.24) is 25.4 Å². The minimum Gasteiger partial charge on any atom is -0.353 e. The van der Waals surface area contributed by atoms with Gasteiger partial charge in [-0.1, -0.05) is 48.9 Å². The van der Waals surface area contributed by atoms with Crippen molar-refractivity contribution in [2.75, 3.05) is 5.75 Å². The third kappa shape index (κ3) is 5.50. The van der Waals surface area contributed by atoms with Crippen LogP contribution < -0.4 is 10.6 Å². The molecule has 0 aliphatic heterocycles. The number of nitrogens with zero attached hydrogens (tertiary/aromatic N) is 3. The Balaban J connectivity index is 1.65. The molecule has 1 aromatic heterocycles. The molecule has 0 saturated heterocycles. The van der Waals surface area contributed by atoms with Crippen molar-refractivity contribution in [1.29, 1.82) is 0 Å². The number of nitrogens with one attached hydrogen (secondary N) is 2. The Hall–Kier alpha value is -2.61. The molecular weight excluding hydrogens is 398 g/mol. The number of hydrogen-bond acceptors (Lipinski definition) is 5. The van der Waals surface area contributed by atoms with Crippen molar-refractivity contribution >= 4 is 23.6 Å². The maximum absolute atomic E-state index is 12.7. The number of carbonyl (C=O) groups excluding carboxylic acids is 2. The summed E-state index contributed by atoms with van der Waals surface area (Å²) >= 11 is 1.35. The molecule has 0 radical (unpaired) electrons. The van der Waals surface area contributed by atoms with Gasteiger partial charge < -0.3 is 15.2 Å². The molecule has 3 rings (SSSR count). The first-order valence-corrected chi connectivity index (χ1v) is 11.3. The zero-order chi connectivity index (χ0) is 21.5. The van der Waals surface area contributed by atoms with E-state index in [-0.39, 0.29) is 23.6 Å². The SMILES string of the molecule is C=CCn1c(SCC(=O)NC2CCCC2)nnc1[C@H](C)NC(=O)c1ccccc1C. The molecule has 1 aliphatic carbocycles. The minimum absolute atomic E-state index is 0.0162. The summed E-state index contributed by atoms with van der Waals surface area (Å²) < 4.78 is 1.89. The van der Waals surface area contributed by atoms with Crippen LogP contribution in [-0.2, 0) is 11.3 Å². The molecule has 0 spiro atoms. The Kier molecular flexibility index (Phi) is 7.68. The van der Waals surface area contributed by atoms with Gasteiger partial charge in [0.1, 0.15) is 0 Å². The molecule has 1 heterocycles. The molecule has 1 atom stereocenters. The Morgan fingerprint density at radius 3 is 2.73 bits per heavy atom. The van der Waals surface area contributed by atoms with Gasteiger partial charge in [0.2, 0.25) is 5.91 Å². The molecule has 2 amide bonds. The number of carbonyl (C=O) groups is 2. The van der Waals surface area contributed by atoms with Crippen LogP contribution in [0.4, 0.5) is 0 Å². The first-order chi connectivity index (χ1) is 14.5. The monoisotopic (exact) mass is 427 g/mol. The predicted octanol–water partition coefficient (Wildman–Crippen LogP) is 3.41. The van der Waals surface area contributed by atoms with Crippen LogP contribution >= 0.6 is 11.8 Å². The number of amides is 2. The summed E-state index contributed by atoms with van der Waals surface area (Å²) in [6.45, 7) is 8.09. The first kappa shape index (κ1) is 22.1. The van der Waals surface area contributed by atoms with E-state index in [1.54, 1.807) is 12.1 Å². The van der Waals surface area contributed by atoms with Crippen LogP contribution in [0.3, 0.4) is 0 Å². The Bertz CT molecular complexity index is 905. The highest BCUT2D eigenvalue weighted by molar-refractivity contribution is 7.99. The van der Waals surface area contributed by atoms with Crippen LogP contribution in [-0.4, -0.2) is 38.4 Å². The summed E-state index contributed by atoms with van der Waals surface area (Å²) in [5, 5.41) is 15.3. The minimum atomic E-state index is -0.341. The van der Waals surface area contributed by atoms with Crippen LogP contribution in [0.25, 0.3) is 0 Å². The Morgan fingerprint density at radius 2 is 2.03 bits per heavy atom. The van der Waals surface area contributed by atoms with Crippen LogP contribution in [0, 0.1) is 6.92 Å². The predicted molar refractivity (Wildman–Crippen MR) is 118 cm³/mol. The topological polar surface area (TPSA) is 88.9 Å². The summed E-state index contributed by atoms with van der Waals surface area (Å²) in [5.41, 5.74) is 1.55. The molecule has 160 valence electrons. The molecular formula is C22H29N5O2S. The summed E-state index contributed by atoms with van der Waals surface area (Å²) in [6, 6.07) is 7.42. The van der Waals surface area contributed by atoms with E-state index in [2.05, 4.69) is 27.4 Å².